The van der Waals surface area contributed by atoms with E-state index in [1.54, 1.807) is 0 Å². The Kier molecular flexibility index (Phi) is 14.9. The van der Waals surface area contributed by atoms with Gasteiger partial charge in [-0.1, -0.05) is 86.8 Å². The Labute approximate surface area is 152 Å². The fourth-order valence-electron chi connectivity index (χ4n) is 2.52. The normalized spacial score (nSPS) is 11.6. The molecule has 0 aliphatic rings. The number of rotatable bonds is 14. The summed E-state index contributed by atoms with van der Waals surface area (Å²) in [6.07, 6.45) is 16.5. The average molecular weight is 424 g/mol. The van der Waals surface area contributed by atoms with Crippen LogP contribution in [0.3, 0.4) is 0 Å². The Morgan fingerprint density at radius 2 is 1.09 bits per heavy atom. The molecular formula is C19H37IO2. The van der Waals surface area contributed by atoms with Crippen molar-refractivity contribution in [3.63, 3.8) is 0 Å². The van der Waals surface area contributed by atoms with Crippen LogP contribution in [0.15, 0.2) is 0 Å². The number of alkyl halides is 1. The summed E-state index contributed by atoms with van der Waals surface area (Å²) in [5.41, 5.74) is -0.340. The number of esters is 1. The first-order valence-corrected chi connectivity index (χ1v) is 10.8. The second-order valence-corrected chi connectivity index (χ2v) is 8.35. The molecule has 2 nitrogen and oxygen atoms in total. The molecule has 0 aliphatic carbocycles. The van der Waals surface area contributed by atoms with Crippen molar-refractivity contribution in [2.24, 2.45) is 0 Å². The van der Waals surface area contributed by atoms with Gasteiger partial charge in [-0.2, -0.15) is 0 Å². The van der Waals surface area contributed by atoms with E-state index in [-0.39, 0.29) is 11.6 Å². The van der Waals surface area contributed by atoms with Gasteiger partial charge < -0.3 is 4.74 Å². The minimum absolute atomic E-state index is 0.0462. The monoisotopic (exact) mass is 424 g/mol. The molecule has 0 heterocycles. The van der Waals surface area contributed by atoms with Gasteiger partial charge in [0.2, 0.25) is 0 Å². The maximum Gasteiger partial charge on any atom is 0.306 e. The van der Waals surface area contributed by atoms with Crippen molar-refractivity contribution in [3.8, 4) is 0 Å². The number of hydrogen-bond acceptors (Lipinski definition) is 2. The highest BCUT2D eigenvalue weighted by atomic mass is 127. The zero-order chi connectivity index (χ0) is 16.7. The third kappa shape index (κ3) is 18.2. The van der Waals surface area contributed by atoms with Crippen LogP contribution in [0, 0.1) is 0 Å². The summed E-state index contributed by atoms with van der Waals surface area (Å²) in [6.45, 7) is 5.77. The van der Waals surface area contributed by atoms with Gasteiger partial charge in [0.05, 0.1) is 0 Å². The molecule has 0 N–H and O–H groups in total. The van der Waals surface area contributed by atoms with E-state index in [4.69, 9.17) is 4.74 Å². The minimum Gasteiger partial charge on any atom is -0.460 e. The van der Waals surface area contributed by atoms with Crippen LogP contribution >= 0.6 is 22.6 Å². The topological polar surface area (TPSA) is 26.3 Å². The summed E-state index contributed by atoms with van der Waals surface area (Å²) in [4.78, 5) is 11.5. The first kappa shape index (κ1) is 22.2. The van der Waals surface area contributed by atoms with Gasteiger partial charge in [-0.15, -0.1) is 0 Å². The lowest BCUT2D eigenvalue weighted by molar-refractivity contribution is -0.154. The molecule has 0 aromatic rings. The zero-order valence-corrected chi connectivity index (χ0v) is 17.3. The molecule has 0 atom stereocenters. The zero-order valence-electron chi connectivity index (χ0n) is 15.1. The molecule has 0 aromatic carbocycles. The first-order valence-electron chi connectivity index (χ1n) is 9.23. The standard InChI is InChI=1S/C19H37IO2/c1-19(2,3)22-18(21)16-14-12-10-8-6-4-5-7-9-11-13-15-17-20/h4-17H2,1-3H3. The summed E-state index contributed by atoms with van der Waals surface area (Å²) in [5.74, 6) is -0.0462. The highest BCUT2D eigenvalue weighted by molar-refractivity contribution is 14.1. The number of carbonyl (C=O) groups is 1. The molecule has 0 amide bonds. The van der Waals surface area contributed by atoms with Crippen molar-refractivity contribution in [2.75, 3.05) is 4.43 Å². The van der Waals surface area contributed by atoms with Gasteiger partial charge in [0.15, 0.2) is 0 Å². The average Bonchev–Trinajstić information content (AvgIpc) is 2.42. The predicted octanol–water partition coefficient (Wildman–Crippen LogP) is 6.83. The maximum atomic E-state index is 11.5. The Bertz CT molecular complexity index is 259. The Hall–Kier alpha value is 0.200. The summed E-state index contributed by atoms with van der Waals surface area (Å²) in [5, 5.41) is 0. The summed E-state index contributed by atoms with van der Waals surface area (Å²) in [7, 11) is 0. The Morgan fingerprint density at radius 3 is 1.45 bits per heavy atom. The SMILES string of the molecule is CC(C)(C)OC(=O)CCCCCCCCCCCCCCI. The van der Waals surface area contributed by atoms with Gasteiger partial charge >= 0.3 is 5.97 Å². The van der Waals surface area contributed by atoms with Crippen molar-refractivity contribution >= 4 is 28.6 Å². The van der Waals surface area contributed by atoms with Crippen molar-refractivity contribution < 1.29 is 9.53 Å². The number of halogens is 1. The Morgan fingerprint density at radius 1 is 0.727 bits per heavy atom. The molecule has 0 rings (SSSR count). The van der Waals surface area contributed by atoms with Crippen LogP contribution in [0.25, 0.3) is 0 Å². The van der Waals surface area contributed by atoms with Crippen molar-refractivity contribution in [2.45, 2.75) is 110 Å². The molecule has 3 heteroatoms. The molecule has 132 valence electrons. The van der Waals surface area contributed by atoms with Crippen molar-refractivity contribution in [1.82, 2.24) is 0 Å². The third-order valence-electron chi connectivity index (χ3n) is 3.68. The first-order chi connectivity index (χ1) is 10.5. The predicted molar refractivity (Wildman–Crippen MR) is 105 cm³/mol. The highest BCUT2D eigenvalue weighted by Gasteiger charge is 2.15. The van der Waals surface area contributed by atoms with Gasteiger partial charge in [-0.05, 0) is 38.0 Å². The van der Waals surface area contributed by atoms with E-state index < -0.39 is 0 Å². The van der Waals surface area contributed by atoms with Crippen molar-refractivity contribution in [1.29, 1.82) is 0 Å². The van der Waals surface area contributed by atoms with E-state index in [9.17, 15) is 4.79 Å². The number of unbranched alkanes of at least 4 members (excludes halogenated alkanes) is 11. The number of hydrogen-bond donors (Lipinski definition) is 0. The smallest absolute Gasteiger partial charge is 0.306 e. The van der Waals surface area contributed by atoms with Gasteiger partial charge in [0, 0.05) is 6.42 Å². The van der Waals surface area contributed by atoms with E-state index in [0.717, 1.165) is 12.8 Å². The molecule has 0 aliphatic heterocycles. The number of carbonyl (C=O) groups excluding carboxylic acids is 1. The van der Waals surface area contributed by atoms with Gasteiger partial charge in [-0.3, -0.25) is 4.79 Å². The molecule has 0 saturated heterocycles. The molecule has 0 unspecified atom stereocenters. The van der Waals surface area contributed by atoms with Crippen LogP contribution in [0.5, 0.6) is 0 Å². The highest BCUT2D eigenvalue weighted by Crippen LogP contribution is 2.14. The van der Waals surface area contributed by atoms with Gasteiger partial charge in [0.1, 0.15) is 5.60 Å². The number of ether oxygens (including phenoxy) is 1. The van der Waals surface area contributed by atoms with Crippen LogP contribution in [-0.2, 0) is 9.53 Å². The van der Waals surface area contributed by atoms with Gasteiger partial charge in [0.25, 0.3) is 0 Å². The fourth-order valence-corrected chi connectivity index (χ4v) is 3.06. The van der Waals surface area contributed by atoms with Crippen LogP contribution in [0.4, 0.5) is 0 Å². The van der Waals surface area contributed by atoms with Crippen LogP contribution in [0.1, 0.15) is 104 Å². The van der Waals surface area contributed by atoms with Crippen LogP contribution in [-0.4, -0.2) is 16.0 Å². The second kappa shape index (κ2) is 14.8. The lowest BCUT2D eigenvalue weighted by Crippen LogP contribution is -2.23. The largest absolute Gasteiger partial charge is 0.460 e. The molecule has 0 aromatic heterocycles. The second-order valence-electron chi connectivity index (χ2n) is 7.27. The third-order valence-corrected chi connectivity index (χ3v) is 4.45. The molecule has 0 radical (unpaired) electrons. The summed E-state index contributed by atoms with van der Waals surface area (Å²) >= 11 is 2.46. The van der Waals surface area contributed by atoms with E-state index in [2.05, 4.69) is 22.6 Å². The fraction of sp³-hybridized carbons (Fsp3) is 0.947. The quantitative estimate of drug-likeness (QED) is 0.132. The van der Waals surface area contributed by atoms with E-state index in [1.807, 2.05) is 20.8 Å². The van der Waals surface area contributed by atoms with E-state index in [1.165, 1.54) is 68.6 Å². The molecule has 22 heavy (non-hydrogen) atoms. The van der Waals surface area contributed by atoms with E-state index in [0.29, 0.717) is 6.42 Å². The maximum absolute atomic E-state index is 11.5. The molecule has 0 fully saturated rings. The van der Waals surface area contributed by atoms with E-state index >= 15 is 0 Å². The molecule has 0 spiro atoms. The summed E-state index contributed by atoms with van der Waals surface area (Å²) in [6, 6.07) is 0. The molecule has 0 bridgehead atoms. The Balaban J connectivity index is 3.16. The van der Waals surface area contributed by atoms with Gasteiger partial charge in [-0.25, -0.2) is 0 Å². The lowest BCUT2D eigenvalue weighted by Gasteiger charge is -2.19. The molecule has 0 saturated carbocycles. The summed E-state index contributed by atoms with van der Waals surface area (Å²) < 4.78 is 6.62. The van der Waals surface area contributed by atoms with Crippen molar-refractivity contribution in [3.05, 3.63) is 0 Å². The molecular weight excluding hydrogens is 387 g/mol. The van der Waals surface area contributed by atoms with Crippen LogP contribution in [0.2, 0.25) is 0 Å². The minimum atomic E-state index is -0.340. The van der Waals surface area contributed by atoms with Crippen LogP contribution < -0.4 is 0 Å². The lowest BCUT2D eigenvalue weighted by atomic mass is 10.0.